The van der Waals surface area contributed by atoms with Crippen LogP contribution in [0.25, 0.3) is 0 Å². The standard InChI is InChI=1S/C25H29N5O2S/c1-17(19-6-4-3-5-7-19)14-23(31)28-25-21(15-26)20-8-11-30(16-22(20)33-25)24(32)9-12-29-13-10-27-18(29)2/h3-7,10,13,17,21,25H,8-9,11-12,14,16H2,1-2H3,(H,28,31). The van der Waals surface area contributed by atoms with E-state index in [-0.39, 0.29) is 29.0 Å². The van der Waals surface area contributed by atoms with Crippen LogP contribution in [-0.2, 0) is 16.1 Å². The van der Waals surface area contributed by atoms with Gasteiger partial charge in [0.1, 0.15) is 5.82 Å². The fraction of sp³-hybridized carbons (Fsp3) is 0.440. The fourth-order valence-corrected chi connectivity index (χ4v) is 5.94. The third-order valence-electron chi connectivity index (χ3n) is 6.44. The summed E-state index contributed by atoms with van der Waals surface area (Å²) < 4.78 is 1.98. The van der Waals surface area contributed by atoms with Gasteiger partial charge >= 0.3 is 0 Å². The molecule has 2 aliphatic rings. The summed E-state index contributed by atoms with van der Waals surface area (Å²) in [6, 6.07) is 12.4. The Kier molecular flexibility index (Phi) is 7.19. The van der Waals surface area contributed by atoms with Crippen molar-refractivity contribution in [3.05, 3.63) is 64.6 Å². The maximum absolute atomic E-state index is 12.8. The van der Waals surface area contributed by atoms with Crippen molar-refractivity contribution in [2.24, 2.45) is 5.92 Å². The average Bonchev–Trinajstić information content (AvgIpc) is 3.39. The molecule has 0 spiro atoms. The molecule has 0 fully saturated rings. The number of nitriles is 1. The highest BCUT2D eigenvalue weighted by atomic mass is 32.2. The van der Waals surface area contributed by atoms with Gasteiger partial charge in [0.05, 0.1) is 23.9 Å². The molecule has 3 atom stereocenters. The summed E-state index contributed by atoms with van der Waals surface area (Å²) in [7, 11) is 0. The Morgan fingerprint density at radius 3 is 2.82 bits per heavy atom. The molecule has 3 unspecified atom stereocenters. The van der Waals surface area contributed by atoms with E-state index in [0.29, 0.717) is 38.9 Å². The zero-order chi connectivity index (χ0) is 23.4. The number of nitrogens with one attached hydrogen (secondary N) is 1. The third-order valence-corrected chi connectivity index (χ3v) is 7.76. The van der Waals surface area contributed by atoms with Crippen molar-refractivity contribution in [2.45, 2.75) is 50.9 Å². The highest BCUT2D eigenvalue weighted by Crippen LogP contribution is 2.44. The van der Waals surface area contributed by atoms with E-state index in [1.165, 1.54) is 11.8 Å². The molecule has 1 aromatic carbocycles. The average molecular weight is 464 g/mol. The van der Waals surface area contributed by atoms with Crippen molar-refractivity contribution in [1.29, 1.82) is 5.26 Å². The van der Waals surface area contributed by atoms with Crippen LogP contribution in [-0.4, -0.2) is 44.7 Å². The number of carbonyl (C=O) groups excluding carboxylic acids is 2. The van der Waals surface area contributed by atoms with Crippen LogP contribution in [0.15, 0.2) is 53.2 Å². The molecule has 3 heterocycles. The molecule has 0 saturated carbocycles. The monoisotopic (exact) mass is 463 g/mol. The lowest BCUT2D eigenvalue weighted by Gasteiger charge is -2.28. The topological polar surface area (TPSA) is 91.0 Å². The first-order chi connectivity index (χ1) is 16.0. The van der Waals surface area contributed by atoms with Crippen LogP contribution in [0.3, 0.4) is 0 Å². The first-order valence-electron chi connectivity index (χ1n) is 11.3. The quantitative estimate of drug-likeness (QED) is 0.678. The molecular formula is C25H29N5O2S. The molecule has 0 bridgehead atoms. The number of benzene rings is 1. The van der Waals surface area contributed by atoms with Crippen molar-refractivity contribution >= 4 is 23.6 Å². The second-order valence-electron chi connectivity index (χ2n) is 8.66. The van der Waals surface area contributed by atoms with Gasteiger partial charge in [-0.15, -0.1) is 11.8 Å². The van der Waals surface area contributed by atoms with Crippen LogP contribution in [0.2, 0.25) is 0 Å². The number of imidazole rings is 1. The highest BCUT2D eigenvalue weighted by molar-refractivity contribution is 8.04. The zero-order valence-corrected chi connectivity index (χ0v) is 19.8. The maximum Gasteiger partial charge on any atom is 0.224 e. The van der Waals surface area contributed by atoms with E-state index in [0.717, 1.165) is 21.9 Å². The van der Waals surface area contributed by atoms with E-state index < -0.39 is 0 Å². The number of carbonyl (C=O) groups is 2. The molecule has 0 radical (unpaired) electrons. The van der Waals surface area contributed by atoms with Gasteiger partial charge in [-0.25, -0.2) is 4.98 Å². The largest absolute Gasteiger partial charge is 0.342 e. The summed E-state index contributed by atoms with van der Waals surface area (Å²) >= 11 is 1.53. The first kappa shape index (κ1) is 23.1. The number of nitrogens with zero attached hydrogens (tertiary/aromatic N) is 4. The minimum absolute atomic E-state index is 0.0485. The van der Waals surface area contributed by atoms with Crippen LogP contribution in [0.1, 0.15) is 43.5 Å². The van der Waals surface area contributed by atoms with Crippen molar-refractivity contribution in [1.82, 2.24) is 19.8 Å². The Bertz CT molecular complexity index is 1090. The minimum atomic E-state index is -0.341. The van der Waals surface area contributed by atoms with Gasteiger partial charge in [0.15, 0.2) is 0 Å². The molecular weight excluding hydrogens is 434 g/mol. The number of aromatic nitrogens is 2. The number of hydrogen-bond acceptors (Lipinski definition) is 5. The lowest BCUT2D eigenvalue weighted by molar-refractivity contribution is -0.131. The fourth-order valence-electron chi connectivity index (χ4n) is 4.48. The van der Waals surface area contributed by atoms with E-state index in [9.17, 15) is 14.9 Å². The minimum Gasteiger partial charge on any atom is -0.342 e. The van der Waals surface area contributed by atoms with Gasteiger partial charge in [-0.1, -0.05) is 37.3 Å². The number of aryl methyl sites for hydroxylation is 2. The number of thioether (sulfide) groups is 1. The lowest BCUT2D eigenvalue weighted by Crippen LogP contribution is -2.37. The Balaban J connectivity index is 1.32. The Morgan fingerprint density at radius 2 is 2.12 bits per heavy atom. The molecule has 1 N–H and O–H groups in total. The van der Waals surface area contributed by atoms with E-state index in [1.54, 1.807) is 6.20 Å². The summed E-state index contributed by atoms with van der Waals surface area (Å²) in [5.74, 6) is 0.718. The number of amides is 2. The van der Waals surface area contributed by atoms with Gasteiger partial charge in [-0.3, -0.25) is 9.59 Å². The molecule has 1 aromatic heterocycles. The van der Waals surface area contributed by atoms with E-state index in [4.69, 9.17) is 0 Å². The summed E-state index contributed by atoms with van der Waals surface area (Å²) in [6.07, 6.45) is 5.11. The van der Waals surface area contributed by atoms with Crippen molar-refractivity contribution in [3.63, 3.8) is 0 Å². The zero-order valence-electron chi connectivity index (χ0n) is 19.0. The van der Waals surface area contributed by atoms with Crippen LogP contribution < -0.4 is 5.32 Å². The molecule has 2 aliphatic heterocycles. The lowest BCUT2D eigenvalue weighted by atomic mass is 9.94. The van der Waals surface area contributed by atoms with E-state index >= 15 is 0 Å². The third kappa shape index (κ3) is 5.31. The molecule has 0 saturated heterocycles. The van der Waals surface area contributed by atoms with Gasteiger partial charge in [0, 0.05) is 43.2 Å². The van der Waals surface area contributed by atoms with Gasteiger partial charge < -0.3 is 14.8 Å². The summed E-state index contributed by atoms with van der Waals surface area (Å²) in [5.41, 5.74) is 2.21. The molecule has 2 aromatic rings. The summed E-state index contributed by atoms with van der Waals surface area (Å²) in [5, 5.41) is 12.6. The van der Waals surface area contributed by atoms with Crippen LogP contribution >= 0.6 is 11.8 Å². The predicted octanol–water partition coefficient (Wildman–Crippen LogP) is 3.59. The van der Waals surface area contributed by atoms with Crippen molar-refractivity contribution in [2.75, 3.05) is 13.1 Å². The van der Waals surface area contributed by atoms with Gasteiger partial charge in [-0.05, 0) is 30.4 Å². The molecule has 8 heteroatoms. The molecule has 172 valence electrons. The van der Waals surface area contributed by atoms with Crippen molar-refractivity contribution < 1.29 is 9.59 Å². The molecule has 0 aliphatic carbocycles. The summed E-state index contributed by atoms with van der Waals surface area (Å²) in [4.78, 5) is 32.6. The predicted molar refractivity (Wildman–Crippen MR) is 128 cm³/mol. The normalized spacial score (nSPS) is 20.8. The van der Waals surface area contributed by atoms with Crippen molar-refractivity contribution in [3.8, 4) is 6.07 Å². The number of hydrogen-bond donors (Lipinski definition) is 1. The Morgan fingerprint density at radius 1 is 1.33 bits per heavy atom. The smallest absolute Gasteiger partial charge is 0.224 e. The van der Waals surface area contributed by atoms with Gasteiger partial charge in [0.2, 0.25) is 11.8 Å². The molecule has 4 rings (SSSR count). The van der Waals surface area contributed by atoms with Crippen LogP contribution in [0.5, 0.6) is 0 Å². The molecule has 7 nitrogen and oxygen atoms in total. The first-order valence-corrected chi connectivity index (χ1v) is 12.2. The highest BCUT2D eigenvalue weighted by Gasteiger charge is 2.39. The number of rotatable bonds is 7. The maximum atomic E-state index is 12.8. The summed E-state index contributed by atoms with van der Waals surface area (Å²) in [6.45, 7) is 5.71. The van der Waals surface area contributed by atoms with Crippen LogP contribution in [0.4, 0.5) is 0 Å². The SMILES string of the molecule is Cc1nccn1CCC(=O)N1CCC2=C(C1)SC(NC(=O)CC(C)c1ccccc1)C2C#N. The van der Waals surface area contributed by atoms with Gasteiger partial charge in [0.25, 0.3) is 0 Å². The second kappa shape index (κ2) is 10.3. The Labute approximate surface area is 198 Å². The second-order valence-corrected chi connectivity index (χ2v) is 9.90. The Hall–Kier alpha value is -3.05. The van der Waals surface area contributed by atoms with E-state index in [1.807, 2.05) is 59.8 Å². The van der Waals surface area contributed by atoms with Crippen LogP contribution in [0, 0.1) is 24.2 Å². The van der Waals surface area contributed by atoms with E-state index in [2.05, 4.69) is 16.4 Å². The van der Waals surface area contributed by atoms with Gasteiger partial charge in [-0.2, -0.15) is 5.26 Å². The molecule has 2 amide bonds. The molecule has 33 heavy (non-hydrogen) atoms.